The highest BCUT2D eigenvalue weighted by Gasteiger charge is 2.78. The van der Waals surface area contributed by atoms with Crippen molar-refractivity contribution in [3.63, 3.8) is 0 Å². The van der Waals surface area contributed by atoms with Crippen molar-refractivity contribution in [1.82, 2.24) is 0 Å². The Morgan fingerprint density at radius 1 is 1.35 bits per heavy atom. The van der Waals surface area contributed by atoms with Gasteiger partial charge in [0.25, 0.3) is 11.6 Å². The van der Waals surface area contributed by atoms with E-state index in [2.05, 4.69) is 19.2 Å². The minimum atomic E-state index is -0.757. The van der Waals surface area contributed by atoms with E-state index < -0.39 is 10.5 Å². The summed E-state index contributed by atoms with van der Waals surface area (Å²) in [6.45, 7) is 5.07. The van der Waals surface area contributed by atoms with Crippen LogP contribution in [0, 0.1) is 26.9 Å². The first-order chi connectivity index (χ1) is 10.8. The molecule has 3 aliphatic rings. The van der Waals surface area contributed by atoms with Crippen molar-refractivity contribution in [2.75, 3.05) is 11.9 Å². The van der Waals surface area contributed by atoms with E-state index in [4.69, 9.17) is 4.74 Å². The Morgan fingerprint density at radius 2 is 2.04 bits per heavy atom. The Kier molecular flexibility index (Phi) is 2.75. The molecule has 122 valence electrons. The molecular formula is C17H20N2O4. The van der Waals surface area contributed by atoms with Crippen LogP contribution in [0.4, 0.5) is 11.4 Å². The quantitative estimate of drug-likeness (QED) is 0.686. The Balaban J connectivity index is 1.60. The van der Waals surface area contributed by atoms with Crippen LogP contribution in [0.1, 0.15) is 33.1 Å². The van der Waals surface area contributed by atoms with Crippen LogP contribution in [0.15, 0.2) is 24.3 Å². The van der Waals surface area contributed by atoms with Gasteiger partial charge in [0.1, 0.15) is 0 Å². The van der Waals surface area contributed by atoms with Crippen LogP contribution in [0.2, 0.25) is 0 Å². The number of ether oxygens (including phenoxy) is 1. The number of benzene rings is 1. The van der Waals surface area contributed by atoms with Crippen LogP contribution in [0.25, 0.3) is 0 Å². The molecule has 1 aromatic carbocycles. The Morgan fingerprint density at radius 3 is 2.61 bits per heavy atom. The Hall–Kier alpha value is -1.95. The van der Waals surface area contributed by atoms with Gasteiger partial charge in [-0.25, -0.2) is 0 Å². The lowest BCUT2D eigenvalue weighted by atomic mass is 9.66. The molecule has 1 amide bonds. The van der Waals surface area contributed by atoms with E-state index in [-0.39, 0.29) is 22.4 Å². The van der Waals surface area contributed by atoms with Crippen LogP contribution in [0.3, 0.4) is 0 Å². The van der Waals surface area contributed by atoms with Crippen molar-refractivity contribution in [1.29, 1.82) is 0 Å². The van der Waals surface area contributed by atoms with E-state index in [9.17, 15) is 14.9 Å². The number of carbonyl (C=O) groups excluding carboxylic acids is 1. The van der Waals surface area contributed by atoms with Crippen molar-refractivity contribution < 1.29 is 14.5 Å². The fourth-order valence-corrected chi connectivity index (χ4v) is 5.16. The van der Waals surface area contributed by atoms with Crippen LogP contribution in [0.5, 0.6) is 0 Å². The third-order valence-corrected chi connectivity index (χ3v) is 6.90. The van der Waals surface area contributed by atoms with Crippen molar-refractivity contribution in [2.24, 2.45) is 16.7 Å². The Bertz CT molecular complexity index is 703. The summed E-state index contributed by atoms with van der Waals surface area (Å²) in [7, 11) is 0. The highest BCUT2D eigenvalue weighted by molar-refractivity contribution is 5.99. The maximum absolute atomic E-state index is 13.0. The lowest BCUT2D eigenvalue weighted by molar-refractivity contribution is -0.384. The number of nitro benzene ring substituents is 1. The molecule has 3 fully saturated rings. The molecule has 2 aliphatic carbocycles. The molecule has 0 spiro atoms. The molecule has 1 N–H and O–H groups in total. The zero-order valence-corrected chi connectivity index (χ0v) is 13.3. The molecular weight excluding hydrogens is 296 g/mol. The first kappa shape index (κ1) is 14.6. The molecule has 1 saturated heterocycles. The summed E-state index contributed by atoms with van der Waals surface area (Å²) in [5.74, 6) is 0.434. The van der Waals surface area contributed by atoms with Gasteiger partial charge in [-0.1, -0.05) is 13.8 Å². The normalized spacial score (nSPS) is 40.3. The van der Waals surface area contributed by atoms with Gasteiger partial charge in [-0.2, -0.15) is 0 Å². The number of amides is 1. The molecule has 1 aliphatic heterocycles. The van der Waals surface area contributed by atoms with Crippen molar-refractivity contribution in [3.8, 4) is 0 Å². The van der Waals surface area contributed by atoms with E-state index in [1.165, 1.54) is 18.6 Å². The molecule has 6 nitrogen and oxygen atoms in total. The number of non-ortho nitro benzene ring substituents is 1. The predicted molar refractivity (Wildman–Crippen MR) is 84.0 cm³/mol. The fourth-order valence-electron chi connectivity index (χ4n) is 5.16. The molecule has 4 atom stereocenters. The van der Waals surface area contributed by atoms with Crippen molar-refractivity contribution in [2.45, 2.75) is 38.7 Å². The molecule has 4 bridgehead atoms. The van der Waals surface area contributed by atoms with E-state index in [1.54, 1.807) is 12.1 Å². The third-order valence-electron chi connectivity index (χ3n) is 6.90. The van der Waals surface area contributed by atoms with Crippen LogP contribution in [-0.2, 0) is 9.53 Å². The number of hydrogen-bond donors (Lipinski definition) is 1. The fraction of sp³-hybridized carbons (Fsp3) is 0.588. The molecule has 0 radical (unpaired) electrons. The first-order valence-electron chi connectivity index (χ1n) is 8.02. The van der Waals surface area contributed by atoms with Crippen LogP contribution in [-0.4, -0.2) is 23.0 Å². The van der Waals surface area contributed by atoms with E-state index in [0.717, 1.165) is 12.8 Å². The Labute approximate surface area is 134 Å². The highest BCUT2D eigenvalue weighted by Crippen LogP contribution is 2.75. The van der Waals surface area contributed by atoms with Gasteiger partial charge in [-0.15, -0.1) is 0 Å². The van der Waals surface area contributed by atoms with Crippen LogP contribution >= 0.6 is 0 Å². The number of nitrogens with one attached hydrogen (secondary N) is 1. The standard InChI is InChI=1S/C17H20N2O4/c1-15-10-23-17(9-11(15)7-8-16(15,17)2)14(20)18-12-3-5-13(6-4-12)19(21)22/h3-6,11H,7-10H2,1-2H3,(H,18,20)/t11-,15-,16-,17-/m1/s1. The summed E-state index contributed by atoms with van der Waals surface area (Å²) in [5, 5.41) is 13.6. The molecule has 2 saturated carbocycles. The van der Waals surface area contributed by atoms with Gasteiger partial charge < -0.3 is 10.1 Å². The van der Waals surface area contributed by atoms with E-state index in [0.29, 0.717) is 18.2 Å². The van der Waals surface area contributed by atoms with Gasteiger partial charge in [0.2, 0.25) is 0 Å². The van der Waals surface area contributed by atoms with Gasteiger partial charge in [0.15, 0.2) is 5.60 Å². The number of nitrogens with zero attached hydrogens (tertiary/aromatic N) is 1. The summed E-state index contributed by atoms with van der Waals surface area (Å²) < 4.78 is 6.06. The number of nitro groups is 1. The average molecular weight is 316 g/mol. The molecule has 6 heteroatoms. The molecule has 4 rings (SSSR count). The topological polar surface area (TPSA) is 81.5 Å². The van der Waals surface area contributed by atoms with Gasteiger partial charge in [0, 0.05) is 28.7 Å². The lowest BCUT2D eigenvalue weighted by Crippen LogP contribution is -2.52. The second-order valence-electron chi connectivity index (χ2n) is 7.56. The number of hydrogen-bond acceptors (Lipinski definition) is 4. The minimum Gasteiger partial charge on any atom is -0.364 e. The van der Waals surface area contributed by atoms with E-state index >= 15 is 0 Å². The summed E-state index contributed by atoms with van der Waals surface area (Å²) in [6, 6.07) is 5.93. The second-order valence-corrected chi connectivity index (χ2v) is 7.56. The highest BCUT2D eigenvalue weighted by atomic mass is 16.6. The summed E-state index contributed by atoms with van der Waals surface area (Å²) in [4.78, 5) is 23.2. The smallest absolute Gasteiger partial charge is 0.269 e. The monoisotopic (exact) mass is 316 g/mol. The van der Waals surface area contributed by atoms with Crippen LogP contribution < -0.4 is 5.32 Å². The van der Waals surface area contributed by atoms with E-state index in [1.807, 2.05) is 0 Å². The summed E-state index contributed by atoms with van der Waals surface area (Å²) in [5.41, 5.74) is -0.224. The molecule has 0 aromatic heterocycles. The van der Waals surface area contributed by atoms with Gasteiger partial charge >= 0.3 is 0 Å². The largest absolute Gasteiger partial charge is 0.364 e. The molecule has 1 heterocycles. The third kappa shape index (κ3) is 1.59. The maximum Gasteiger partial charge on any atom is 0.269 e. The number of anilines is 1. The zero-order valence-electron chi connectivity index (χ0n) is 13.3. The maximum atomic E-state index is 13.0. The molecule has 0 unspecified atom stereocenters. The van der Waals surface area contributed by atoms with Crippen molar-refractivity contribution >= 4 is 17.3 Å². The SMILES string of the molecule is C[C@]12CC[C@@H]3C[C@]1(C(=O)Nc1ccc([N+](=O)[O-])cc1)OC[C@]32C. The minimum absolute atomic E-state index is 0.0118. The first-order valence-corrected chi connectivity index (χ1v) is 8.02. The van der Waals surface area contributed by atoms with Gasteiger partial charge in [-0.05, 0) is 37.3 Å². The number of carbonyl (C=O) groups is 1. The van der Waals surface area contributed by atoms with Crippen molar-refractivity contribution in [3.05, 3.63) is 34.4 Å². The number of rotatable bonds is 3. The predicted octanol–water partition coefficient (Wildman–Crippen LogP) is 3.13. The lowest BCUT2D eigenvalue weighted by Gasteiger charge is -2.39. The summed E-state index contributed by atoms with van der Waals surface area (Å²) in [6.07, 6.45) is 2.96. The molecule has 1 aromatic rings. The summed E-state index contributed by atoms with van der Waals surface area (Å²) >= 11 is 0. The molecule has 23 heavy (non-hydrogen) atoms. The average Bonchev–Trinajstić information content (AvgIpc) is 2.99. The zero-order chi connectivity index (χ0) is 16.5. The van der Waals surface area contributed by atoms with Gasteiger partial charge in [-0.3, -0.25) is 14.9 Å². The second kappa shape index (κ2) is 4.32. The van der Waals surface area contributed by atoms with Gasteiger partial charge in [0.05, 0.1) is 11.5 Å².